The predicted molar refractivity (Wildman–Crippen MR) is 103 cm³/mol. The molecule has 0 saturated heterocycles. The van der Waals surface area contributed by atoms with Gasteiger partial charge in [0.2, 0.25) is 11.8 Å². The van der Waals surface area contributed by atoms with Crippen LogP contribution in [0.2, 0.25) is 0 Å². The molecule has 0 aliphatic heterocycles. The number of amides is 1. The molecule has 1 fully saturated rings. The van der Waals surface area contributed by atoms with Gasteiger partial charge in [-0.1, -0.05) is 31.9 Å². The Morgan fingerprint density at radius 1 is 1.27 bits per heavy atom. The van der Waals surface area contributed by atoms with E-state index < -0.39 is 10.8 Å². The zero-order valence-electron chi connectivity index (χ0n) is 15.4. The van der Waals surface area contributed by atoms with Crippen molar-refractivity contribution in [2.45, 2.75) is 57.7 Å². The standard InChI is InChI=1S/C20H26N2O3S/c1-3-15-8-10-16(11-9-15)20-22-18(14(2)25-20)12-26(24)13-19(23)21-17-6-4-5-7-17/h8-11,17H,3-7,12-13H2,1-2H3,(H,21,23). The fourth-order valence-corrected chi connectivity index (χ4v) is 4.31. The lowest BCUT2D eigenvalue weighted by atomic mass is 10.1. The molecule has 1 aromatic carbocycles. The van der Waals surface area contributed by atoms with Gasteiger partial charge >= 0.3 is 0 Å². The molecule has 0 spiro atoms. The Balaban J connectivity index is 1.59. The van der Waals surface area contributed by atoms with E-state index in [1.165, 1.54) is 5.56 Å². The van der Waals surface area contributed by atoms with Gasteiger partial charge in [0, 0.05) is 22.4 Å². The van der Waals surface area contributed by atoms with Crippen molar-refractivity contribution in [1.82, 2.24) is 10.3 Å². The van der Waals surface area contributed by atoms with Crippen molar-refractivity contribution < 1.29 is 13.4 Å². The maximum atomic E-state index is 12.3. The molecule has 1 amide bonds. The monoisotopic (exact) mass is 374 g/mol. The molecule has 140 valence electrons. The second-order valence-electron chi connectivity index (χ2n) is 6.85. The predicted octanol–water partition coefficient (Wildman–Crippen LogP) is 3.52. The number of aryl methyl sites for hydroxylation is 2. The molecule has 6 heteroatoms. The summed E-state index contributed by atoms with van der Waals surface area (Å²) in [5.74, 6) is 1.31. The number of aromatic nitrogens is 1. The molecule has 1 aliphatic carbocycles. The highest BCUT2D eigenvalue weighted by Gasteiger charge is 2.20. The number of hydrogen-bond acceptors (Lipinski definition) is 4. The minimum Gasteiger partial charge on any atom is -0.441 e. The van der Waals surface area contributed by atoms with E-state index in [-0.39, 0.29) is 23.5 Å². The molecule has 5 nitrogen and oxygen atoms in total. The Morgan fingerprint density at radius 2 is 1.96 bits per heavy atom. The van der Waals surface area contributed by atoms with Crippen LogP contribution in [0.25, 0.3) is 11.5 Å². The van der Waals surface area contributed by atoms with Crippen LogP contribution in [0.4, 0.5) is 0 Å². The van der Waals surface area contributed by atoms with Crippen molar-refractivity contribution in [2.24, 2.45) is 0 Å². The van der Waals surface area contributed by atoms with Crippen LogP contribution in [0.3, 0.4) is 0 Å². The highest BCUT2D eigenvalue weighted by Crippen LogP contribution is 2.23. The Morgan fingerprint density at radius 3 is 2.62 bits per heavy atom. The molecule has 1 saturated carbocycles. The molecular formula is C20H26N2O3S. The van der Waals surface area contributed by atoms with E-state index in [1.807, 2.05) is 19.1 Å². The number of hydrogen-bond donors (Lipinski definition) is 1. The Hall–Kier alpha value is -1.95. The fraction of sp³-hybridized carbons (Fsp3) is 0.500. The van der Waals surface area contributed by atoms with E-state index in [0.717, 1.165) is 37.7 Å². The third-order valence-corrected chi connectivity index (χ3v) is 5.99. The molecule has 3 rings (SSSR count). The molecule has 1 atom stereocenters. The molecule has 26 heavy (non-hydrogen) atoms. The Bertz CT molecular complexity index is 777. The number of benzene rings is 1. The third-order valence-electron chi connectivity index (χ3n) is 4.81. The topological polar surface area (TPSA) is 72.2 Å². The minimum atomic E-state index is -1.29. The van der Waals surface area contributed by atoms with Crippen LogP contribution in [-0.2, 0) is 27.8 Å². The lowest BCUT2D eigenvalue weighted by Gasteiger charge is -2.11. The highest BCUT2D eigenvalue weighted by atomic mass is 32.2. The summed E-state index contributed by atoms with van der Waals surface area (Å²) in [6, 6.07) is 8.34. The van der Waals surface area contributed by atoms with Gasteiger partial charge in [-0.2, -0.15) is 0 Å². The van der Waals surface area contributed by atoms with Gasteiger partial charge in [0.15, 0.2) is 0 Å². The normalized spacial score (nSPS) is 15.9. The lowest BCUT2D eigenvalue weighted by molar-refractivity contribution is -0.119. The summed E-state index contributed by atoms with van der Waals surface area (Å²) < 4.78 is 18.1. The van der Waals surface area contributed by atoms with E-state index >= 15 is 0 Å². The first kappa shape index (κ1) is 18.8. The first-order valence-electron chi connectivity index (χ1n) is 9.25. The molecule has 0 bridgehead atoms. The van der Waals surface area contributed by atoms with Gasteiger partial charge in [0.1, 0.15) is 11.5 Å². The molecule has 1 N–H and O–H groups in total. The van der Waals surface area contributed by atoms with Gasteiger partial charge in [-0.05, 0) is 43.9 Å². The van der Waals surface area contributed by atoms with E-state index in [2.05, 4.69) is 29.4 Å². The molecular weight excluding hydrogens is 348 g/mol. The molecule has 1 heterocycles. The maximum Gasteiger partial charge on any atom is 0.232 e. The number of nitrogens with zero attached hydrogens (tertiary/aromatic N) is 1. The van der Waals surface area contributed by atoms with Crippen LogP contribution < -0.4 is 5.32 Å². The number of oxazole rings is 1. The largest absolute Gasteiger partial charge is 0.441 e. The number of rotatable bonds is 7. The van der Waals surface area contributed by atoms with E-state index in [1.54, 1.807) is 0 Å². The first-order valence-corrected chi connectivity index (χ1v) is 10.7. The summed E-state index contributed by atoms with van der Waals surface area (Å²) >= 11 is 0. The molecule has 2 aromatic rings. The zero-order valence-corrected chi connectivity index (χ0v) is 16.2. The zero-order chi connectivity index (χ0) is 18.5. The van der Waals surface area contributed by atoms with Gasteiger partial charge in [-0.25, -0.2) is 4.98 Å². The van der Waals surface area contributed by atoms with E-state index in [4.69, 9.17) is 4.42 Å². The lowest BCUT2D eigenvalue weighted by Crippen LogP contribution is -2.35. The summed E-state index contributed by atoms with van der Waals surface area (Å²) in [4.78, 5) is 16.5. The van der Waals surface area contributed by atoms with Crippen LogP contribution in [-0.4, -0.2) is 26.9 Å². The van der Waals surface area contributed by atoms with Crippen molar-refractivity contribution in [3.63, 3.8) is 0 Å². The van der Waals surface area contributed by atoms with Gasteiger partial charge in [0.25, 0.3) is 0 Å². The minimum absolute atomic E-state index is 0.0172. The van der Waals surface area contributed by atoms with Crippen molar-refractivity contribution in [2.75, 3.05) is 5.75 Å². The van der Waals surface area contributed by atoms with Gasteiger partial charge in [-0.15, -0.1) is 0 Å². The highest BCUT2D eigenvalue weighted by molar-refractivity contribution is 7.84. The van der Waals surface area contributed by atoms with Gasteiger partial charge in [-0.3, -0.25) is 9.00 Å². The second kappa shape index (κ2) is 8.62. The summed E-state index contributed by atoms with van der Waals surface area (Å²) in [6.45, 7) is 3.93. The number of carbonyl (C=O) groups excluding carboxylic acids is 1. The SMILES string of the molecule is CCc1ccc(-c2nc(CS(=O)CC(=O)NC3CCCC3)c(C)o2)cc1. The molecule has 1 aromatic heterocycles. The van der Waals surface area contributed by atoms with Crippen molar-refractivity contribution in [3.05, 3.63) is 41.3 Å². The average Bonchev–Trinajstić information content (AvgIpc) is 3.25. The molecule has 0 radical (unpaired) electrons. The Labute approximate surface area is 157 Å². The van der Waals surface area contributed by atoms with E-state index in [0.29, 0.717) is 17.3 Å². The third kappa shape index (κ3) is 4.81. The van der Waals surface area contributed by atoms with Crippen LogP contribution >= 0.6 is 0 Å². The van der Waals surface area contributed by atoms with Crippen LogP contribution in [0, 0.1) is 6.92 Å². The first-order chi connectivity index (χ1) is 12.5. The molecule has 1 unspecified atom stereocenters. The van der Waals surface area contributed by atoms with E-state index in [9.17, 15) is 9.00 Å². The number of carbonyl (C=O) groups is 1. The fourth-order valence-electron chi connectivity index (χ4n) is 3.26. The van der Waals surface area contributed by atoms with Gasteiger partial charge in [0.05, 0.1) is 11.4 Å². The summed E-state index contributed by atoms with van der Waals surface area (Å²) in [7, 11) is -1.29. The second-order valence-corrected chi connectivity index (χ2v) is 8.31. The van der Waals surface area contributed by atoms with Crippen LogP contribution in [0.1, 0.15) is 49.6 Å². The quantitative estimate of drug-likeness (QED) is 0.805. The summed E-state index contributed by atoms with van der Waals surface area (Å²) in [5.41, 5.74) is 2.82. The summed E-state index contributed by atoms with van der Waals surface area (Å²) in [5, 5.41) is 2.98. The van der Waals surface area contributed by atoms with Crippen LogP contribution in [0.5, 0.6) is 0 Å². The van der Waals surface area contributed by atoms with Crippen molar-refractivity contribution >= 4 is 16.7 Å². The number of nitrogens with one attached hydrogen (secondary N) is 1. The summed E-state index contributed by atoms with van der Waals surface area (Å²) in [6.07, 6.45) is 5.36. The van der Waals surface area contributed by atoms with Gasteiger partial charge < -0.3 is 9.73 Å². The molecule has 1 aliphatic rings. The average molecular weight is 375 g/mol. The Kier molecular flexibility index (Phi) is 6.25. The van der Waals surface area contributed by atoms with Crippen LogP contribution in [0.15, 0.2) is 28.7 Å². The smallest absolute Gasteiger partial charge is 0.232 e. The maximum absolute atomic E-state index is 12.3. The van der Waals surface area contributed by atoms with Crippen molar-refractivity contribution in [3.8, 4) is 11.5 Å². The van der Waals surface area contributed by atoms with Crippen molar-refractivity contribution in [1.29, 1.82) is 0 Å².